The molecule has 0 spiro atoms. The maximum atomic E-state index is 13.4. The van der Waals surface area contributed by atoms with Crippen molar-refractivity contribution < 1.29 is 19.1 Å². The molecule has 1 unspecified atom stereocenters. The summed E-state index contributed by atoms with van der Waals surface area (Å²) in [7, 11) is 1.70. The SMILES string of the molecule is CN(Cc1ccccc1)C(=O)C(Cc1ccccc1)N(CC=O)C(=O)OC(C)(C)C. The van der Waals surface area contributed by atoms with E-state index >= 15 is 0 Å². The largest absolute Gasteiger partial charge is 0.444 e. The molecule has 0 aliphatic heterocycles. The van der Waals surface area contributed by atoms with Crippen LogP contribution in [0.2, 0.25) is 0 Å². The minimum Gasteiger partial charge on any atom is -0.444 e. The van der Waals surface area contributed by atoms with E-state index in [1.165, 1.54) is 4.90 Å². The lowest BCUT2D eigenvalue weighted by Gasteiger charge is -2.34. The number of ether oxygens (including phenoxy) is 1. The lowest BCUT2D eigenvalue weighted by Crippen LogP contribution is -2.52. The van der Waals surface area contributed by atoms with Gasteiger partial charge in [0.2, 0.25) is 5.91 Å². The molecule has 0 radical (unpaired) electrons. The van der Waals surface area contributed by atoms with E-state index in [-0.39, 0.29) is 18.9 Å². The first-order valence-electron chi connectivity index (χ1n) is 9.97. The van der Waals surface area contributed by atoms with Gasteiger partial charge in [0.25, 0.3) is 0 Å². The summed E-state index contributed by atoms with van der Waals surface area (Å²) in [4.78, 5) is 40.4. The van der Waals surface area contributed by atoms with E-state index in [2.05, 4.69) is 0 Å². The third kappa shape index (κ3) is 7.03. The molecule has 0 aliphatic carbocycles. The second kappa shape index (κ2) is 10.6. The third-order valence-corrected chi connectivity index (χ3v) is 4.47. The van der Waals surface area contributed by atoms with Gasteiger partial charge in [-0.2, -0.15) is 0 Å². The Hall–Kier alpha value is -3.15. The van der Waals surface area contributed by atoms with Gasteiger partial charge in [-0.1, -0.05) is 60.7 Å². The zero-order chi connectivity index (χ0) is 22.1. The second-order valence-electron chi connectivity index (χ2n) is 8.18. The Morgan fingerprint density at radius 1 is 0.967 bits per heavy atom. The summed E-state index contributed by atoms with van der Waals surface area (Å²) in [6.07, 6.45) is 0.218. The highest BCUT2D eigenvalue weighted by Crippen LogP contribution is 2.17. The maximum absolute atomic E-state index is 13.4. The molecule has 0 fully saturated rings. The molecule has 0 N–H and O–H groups in total. The molecule has 2 aromatic carbocycles. The lowest BCUT2D eigenvalue weighted by molar-refractivity contribution is -0.136. The van der Waals surface area contributed by atoms with Crippen LogP contribution in [0.5, 0.6) is 0 Å². The highest BCUT2D eigenvalue weighted by atomic mass is 16.6. The number of carbonyl (C=O) groups is 3. The number of hydrogen-bond acceptors (Lipinski definition) is 4. The summed E-state index contributed by atoms with van der Waals surface area (Å²) in [5.41, 5.74) is 1.13. The quantitative estimate of drug-likeness (QED) is 0.623. The van der Waals surface area contributed by atoms with Crippen molar-refractivity contribution in [3.63, 3.8) is 0 Å². The molecule has 0 saturated heterocycles. The van der Waals surface area contributed by atoms with Crippen molar-refractivity contribution in [3.05, 3.63) is 71.8 Å². The first-order chi connectivity index (χ1) is 14.2. The van der Waals surface area contributed by atoms with Gasteiger partial charge in [-0.3, -0.25) is 9.69 Å². The zero-order valence-electron chi connectivity index (χ0n) is 18.1. The standard InChI is InChI=1S/C24H30N2O4/c1-24(2,3)30-23(29)26(15-16-27)21(17-19-11-7-5-8-12-19)22(28)25(4)18-20-13-9-6-10-14-20/h5-14,16,21H,15,17-18H2,1-4H3. The monoisotopic (exact) mass is 410 g/mol. The van der Waals surface area contributed by atoms with Crippen molar-refractivity contribution in [1.29, 1.82) is 0 Å². The summed E-state index contributed by atoms with van der Waals surface area (Å²) < 4.78 is 5.48. The van der Waals surface area contributed by atoms with Crippen LogP contribution in [0.1, 0.15) is 31.9 Å². The molecule has 0 saturated carbocycles. The van der Waals surface area contributed by atoms with Crippen LogP contribution in [0.4, 0.5) is 4.79 Å². The average molecular weight is 411 g/mol. The van der Waals surface area contributed by atoms with E-state index in [1.54, 1.807) is 32.7 Å². The van der Waals surface area contributed by atoms with Crippen molar-refractivity contribution in [2.75, 3.05) is 13.6 Å². The van der Waals surface area contributed by atoms with Crippen molar-refractivity contribution in [1.82, 2.24) is 9.80 Å². The summed E-state index contributed by atoms with van der Waals surface area (Å²) in [6.45, 7) is 5.42. The number of benzene rings is 2. The first kappa shape index (κ1) is 23.1. The number of hydrogen-bond donors (Lipinski definition) is 0. The Kier molecular flexibility index (Phi) is 8.16. The van der Waals surface area contributed by atoms with Crippen LogP contribution in [-0.2, 0) is 27.3 Å². The average Bonchev–Trinajstić information content (AvgIpc) is 2.70. The predicted octanol–water partition coefficient (Wildman–Crippen LogP) is 3.69. The van der Waals surface area contributed by atoms with E-state index in [0.717, 1.165) is 11.1 Å². The molecule has 0 heterocycles. The van der Waals surface area contributed by atoms with Gasteiger partial charge in [-0.15, -0.1) is 0 Å². The highest BCUT2D eigenvalue weighted by molar-refractivity contribution is 5.87. The van der Waals surface area contributed by atoms with E-state index in [0.29, 0.717) is 12.8 Å². The predicted molar refractivity (Wildman–Crippen MR) is 116 cm³/mol. The normalized spacial score (nSPS) is 12.0. The van der Waals surface area contributed by atoms with Gasteiger partial charge in [-0.05, 0) is 31.9 Å². The fraction of sp³-hybridized carbons (Fsp3) is 0.375. The number of carbonyl (C=O) groups excluding carboxylic acids is 3. The van der Waals surface area contributed by atoms with Gasteiger partial charge < -0.3 is 14.4 Å². The first-order valence-corrected chi connectivity index (χ1v) is 9.97. The Labute approximate surface area is 178 Å². The van der Waals surface area contributed by atoms with Gasteiger partial charge >= 0.3 is 6.09 Å². The van der Waals surface area contributed by atoms with Crippen molar-refractivity contribution in [2.24, 2.45) is 0 Å². The van der Waals surface area contributed by atoms with Crippen LogP contribution in [-0.4, -0.2) is 53.3 Å². The number of nitrogens with zero attached hydrogens (tertiary/aromatic N) is 2. The number of aldehydes is 1. The van der Waals surface area contributed by atoms with Gasteiger partial charge in [-0.25, -0.2) is 4.79 Å². The number of rotatable bonds is 8. The van der Waals surface area contributed by atoms with E-state index < -0.39 is 17.7 Å². The number of amides is 2. The topological polar surface area (TPSA) is 66.9 Å². The van der Waals surface area contributed by atoms with Gasteiger partial charge in [0.15, 0.2) is 0 Å². The molecule has 30 heavy (non-hydrogen) atoms. The molecule has 0 aliphatic rings. The molecule has 1 atom stereocenters. The van der Waals surface area contributed by atoms with Crippen LogP contribution in [0.3, 0.4) is 0 Å². The fourth-order valence-corrected chi connectivity index (χ4v) is 3.09. The van der Waals surface area contributed by atoms with E-state index in [1.807, 2.05) is 60.7 Å². The molecular weight excluding hydrogens is 380 g/mol. The van der Waals surface area contributed by atoms with E-state index in [9.17, 15) is 14.4 Å². The van der Waals surface area contributed by atoms with Crippen LogP contribution >= 0.6 is 0 Å². The summed E-state index contributed by atoms with van der Waals surface area (Å²) >= 11 is 0. The Bertz CT molecular complexity index is 831. The zero-order valence-corrected chi connectivity index (χ0v) is 18.1. The van der Waals surface area contributed by atoms with Crippen LogP contribution in [0, 0.1) is 0 Å². The van der Waals surface area contributed by atoms with Crippen LogP contribution in [0.15, 0.2) is 60.7 Å². The molecule has 2 rings (SSSR count). The second-order valence-corrected chi connectivity index (χ2v) is 8.18. The summed E-state index contributed by atoms with van der Waals surface area (Å²) in [6, 6.07) is 18.2. The third-order valence-electron chi connectivity index (χ3n) is 4.47. The minimum atomic E-state index is -0.860. The van der Waals surface area contributed by atoms with Crippen LogP contribution < -0.4 is 0 Å². The minimum absolute atomic E-state index is 0.225. The summed E-state index contributed by atoms with van der Waals surface area (Å²) in [5.74, 6) is -0.254. The Morgan fingerprint density at radius 3 is 2.00 bits per heavy atom. The fourth-order valence-electron chi connectivity index (χ4n) is 3.09. The molecule has 0 aromatic heterocycles. The molecule has 2 aromatic rings. The van der Waals surface area contributed by atoms with Crippen molar-refractivity contribution in [2.45, 2.75) is 45.4 Å². The van der Waals surface area contributed by atoms with Crippen molar-refractivity contribution >= 4 is 18.3 Å². The van der Waals surface area contributed by atoms with Gasteiger partial charge in [0.05, 0.1) is 6.54 Å². The van der Waals surface area contributed by atoms with Crippen molar-refractivity contribution in [3.8, 4) is 0 Å². The molecular formula is C24H30N2O4. The molecule has 160 valence electrons. The van der Waals surface area contributed by atoms with Gasteiger partial charge in [0.1, 0.15) is 17.9 Å². The van der Waals surface area contributed by atoms with E-state index in [4.69, 9.17) is 4.74 Å². The Morgan fingerprint density at radius 2 is 1.50 bits per heavy atom. The smallest absolute Gasteiger partial charge is 0.411 e. The Balaban J connectivity index is 2.32. The maximum Gasteiger partial charge on any atom is 0.411 e. The number of likely N-dealkylation sites (N-methyl/N-ethyl adjacent to an activating group) is 1. The lowest BCUT2D eigenvalue weighted by atomic mass is 10.0. The molecule has 6 nitrogen and oxygen atoms in total. The molecule has 0 bridgehead atoms. The van der Waals surface area contributed by atoms with Crippen LogP contribution in [0.25, 0.3) is 0 Å². The highest BCUT2D eigenvalue weighted by Gasteiger charge is 2.34. The molecule has 6 heteroatoms. The molecule has 2 amide bonds. The summed E-state index contributed by atoms with van der Waals surface area (Å²) in [5, 5.41) is 0. The van der Waals surface area contributed by atoms with Gasteiger partial charge in [0, 0.05) is 20.0 Å².